The molecule has 0 saturated heterocycles. The number of nitrogens with zero attached hydrogens (tertiary/aromatic N) is 4. The number of aromatic nitrogens is 4. The van der Waals surface area contributed by atoms with Gasteiger partial charge >= 0.3 is 0 Å². The molecule has 0 aliphatic heterocycles. The molecule has 2 aromatic rings. The van der Waals surface area contributed by atoms with Crippen molar-refractivity contribution in [3.63, 3.8) is 0 Å². The fourth-order valence-electron chi connectivity index (χ4n) is 2.42. The first-order chi connectivity index (χ1) is 11.1. The van der Waals surface area contributed by atoms with E-state index in [4.69, 9.17) is 5.11 Å². The Bertz CT molecular complexity index is 612. The molecule has 0 aliphatic rings. The molecular weight excluding hydrogens is 294 g/mol. The molecule has 23 heavy (non-hydrogen) atoms. The third-order valence-corrected chi connectivity index (χ3v) is 3.56. The van der Waals surface area contributed by atoms with Gasteiger partial charge in [0.25, 0.3) is 0 Å². The van der Waals surface area contributed by atoms with Gasteiger partial charge in [-0.05, 0) is 28.8 Å². The third kappa shape index (κ3) is 4.85. The van der Waals surface area contributed by atoms with Gasteiger partial charge in [-0.25, -0.2) is 4.68 Å². The Morgan fingerprint density at radius 1 is 1.30 bits per heavy atom. The molecule has 1 heterocycles. The molecule has 2 N–H and O–H groups in total. The predicted molar refractivity (Wildman–Crippen MR) is 85.6 cm³/mol. The van der Waals surface area contributed by atoms with Crippen LogP contribution in [0.15, 0.2) is 30.3 Å². The molecule has 0 bridgehead atoms. The van der Waals surface area contributed by atoms with Gasteiger partial charge in [0.05, 0.1) is 6.04 Å². The molecule has 1 aromatic carbocycles. The van der Waals surface area contributed by atoms with E-state index in [2.05, 4.69) is 20.8 Å². The van der Waals surface area contributed by atoms with Crippen molar-refractivity contribution in [2.24, 2.45) is 0 Å². The Morgan fingerprint density at radius 3 is 2.70 bits per heavy atom. The van der Waals surface area contributed by atoms with Gasteiger partial charge < -0.3 is 10.4 Å². The topological polar surface area (TPSA) is 92.9 Å². The Balaban J connectivity index is 2.04. The van der Waals surface area contributed by atoms with Crippen LogP contribution in [0.4, 0.5) is 0 Å². The van der Waals surface area contributed by atoms with Crippen LogP contribution in [-0.4, -0.2) is 37.8 Å². The molecule has 0 spiro atoms. The summed E-state index contributed by atoms with van der Waals surface area (Å²) in [6, 6.07) is 9.62. The number of rotatable bonds is 8. The maximum atomic E-state index is 12.3. The van der Waals surface area contributed by atoms with E-state index in [0.29, 0.717) is 18.7 Å². The van der Waals surface area contributed by atoms with Gasteiger partial charge in [0.2, 0.25) is 5.91 Å². The van der Waals surface area contributed by atoms with Crippen LogP contribution in [0, 0.1) is 0 Å². The van der Waals surface area contributed by atoms with E-state index in [1.807, 2.05) is 44.2 Å². The average Bonchev–Trinajstić information content (AvgIpc) is 3.00. The van der Waals surface area contributed by atoms with Gasteiger partial charge in [-0.1, -0.05) is 44.2 Å². The first-order valence-electron chi connectivity index (χ1n) is 7.83. The Morgan fingerprint density at radius 2 is 2.04 bits per heavy atom. The van der Waals surface area contributed by atoms with E-state index < -0.39 is 0 Å². The molecule has 1 atom stereocenters. The highest BCUT2D eigenvalue weighted by atomic mass is 16.3. The highest BCUT2D eigenvalue weighted by molar-refractivity contribution is 5.76. The van der Waals surface area contributed by atoms with Crippen molar-refractivity contribution in [1.82, 2.24) is 25.5 Å². The molecule has 124 valence electrons. The lowest BCUT2D eigenvalue weighted by Crippen LogP contribution is -2.32. The van der Waals surface area contributed by atoms with E-state index in [1.54, 1.807) is 0 Å². The van der Waals surface area contributed by atoms with Crippen molar-refractivity contribution in [3.05, 3.63) is 41.7 Å². The number of benzene rings is 1. The van der Waals surface area contributed by atoms with Crippen molar-refractivity contribution in [3.8, 4) is 0 Å². The maximum Gasteiger partial charge on any atom is 0.242 e. The van der Waals surface area contributed by atoms with Crippen LogP contribution in [0.5, 0.6) is 0 Å². The minimum atomic E-state index is -0.147. The predicted octanol–water partition coefficient (Wildman–Crippen LogP) is 1.43. The van der Waals surface area contributed by atoms with Crippen LogP contribution in [0.3, 0.4) is 0 Å². The fraction of sp³-hybridized carbons (Fsp3) is 0.500. The van der Waals surface area contributed by atoms with Crippen LogP contribution >= 0.6 is 0 Å². The lowest BCUT2D eigenvalue weighted by molar-refractivity contribution is -0.122. The zero-order valence-corrected chi connectivity index (χ0v) is 13.5. The van der Waals surface area contributed by atoms with Gasteiger partial charge in [0, 0.05) is 12.5 Å². The van der Waals surface area contributed by atoms with E-state index in [9.17, 15) is 4.79 Å². The number of hydrogen-bond acceptors (Lipinski definition) is 5. The average molecular weight is 317 g/mol. The van der Waals surface area contributed by atoms with Crippen LogP contribution in [-0.2, 0) is 11.3 Å². The number of carbonyl (C=O) groups is 1. The molecule has 0 saturated carbocycles. The zero-order chi connectivity index (χ0) is 16.7. The minimum absolute atomic E-state index is 0.0863. The fourth-order valence-corrected chi connectivity index (χ4v) is 2.42. The molecule has 0 aliphatic carbocycles. The quantitative estimate of drug-likeness (QED) is 0.768. The maximum absolute atomic E-state index is 12.3. The summed E-state index contributed by atoms with van der Waals surface area (Å²) in [4.78, 5) is 12.3. The second kappa shape index (κ2) is 8.38. The number of hydrogen-bond donors (Lipinski definition) is 2. The lowest BCUT2D eigenvalue weighted by Gasteiger charge is -2.19. The van der Waals surface area contributed by atoms with Gasteiger partial charge in [-0.15, -0.1) is 5.10 Å². The van der Waals surface area contributed by atoms with Crippen LogP contribution in [0.2, 0.25) is 0 Å². The van der Waals surface area contributed by atoms with Crippen LogP contribution in [0.1, 0.15) is 50.0 Å². The number of carbonyl (C=O) groups excluding carboxylic acids is 1. The highest BCUT2D eigenvalue weighted by Crippen LogP contribution is 2.18. The monoisotopic (exact) mass is 317 g/mol. The summed E-state index contributed by atoms with van der Waals surface area (Å²) in [5.41, 5.74) is 1.02. The van der Waals surface area contributed by atoms with Crippen LogP contribution < -0.4 is 5.32 Å². The second-order valence-electron chi connectivity index (χ2n) is 5.75. The number of nitrogens with one attached hydrogen (secondary N) is 1. The molecule has 1 amide bonds. The third-order valence-electron chi connectivity index (χ3n) is 3.56. The molecular formula is C16H23N5O2. The van der Waals surface area contributed by atoms with E-state index >= 15 is 0 Å². The molecule has 7 heteroatoms. The highest BCUT2D eigenvalue weighted by Gasteiger charge is 2.17. The van der Waals surface area contributed by atoms with Crippen molar-refractivity contribution < 1.29 is 9.90 Å². The number of amides is 1. The van der Waals surface area contributed by atoms with Crippen molar-refractivity contribution >= 4 is 5.91 Å². The summed E-state index contributed by atoms with van der Waals surface area (Å²) in [5, 5.41) is 23.5. The Kier molecular flexibility index (Phi) is 6.22. The van der Waals surface area contributed by atoms with Gasteiger partial charge in [-0.2, -0.15) is 0 Å². The molecule has 7 nitrogen and oxygen atoms in total. The molecule has 1 unspecified atom stereocenters. The summed E-state index contributed by atoms with van der Waals surface area (Å²) in [6.07, 6.45) is 1.31. The van der Waals surface area contributed by atoms with E-state index in [-0.39, 0.29) is 31.0 Å². The molecule has 0 radical (unpaired) electrons. The summed E-state index contributed by atoms with van der Waals surface area (Å²) >= 11 is 0. The number of aliphatic hydroxyl groups excluding tert-OH is 1. The van der Waals surface area contributed by atoms with Crippen LogP contribution in [0.25, 0.3) is 0 Å². The number of tetrazole rings is 1. The molecule has 2 rings (SSSR count). The van der Waals surface area contributed by atoms with Gasteiger partial charge in [-0.3, -0.25) is 4.79 Å². The molecule has 1 aromatic heterocycles. The summed E-state index contributed by atoms with van der Waals surface area (Å²) in [7, 11) is 0. The lowest BCUT2D eigenvalue weighted by atomic mass is 10.0. The number of aliphatic hydroxyl groups is 1. The van der Waals surface area contributed by atoms with Gasteiger partial charge in [0.1, 0.15) is 6.54 Å². The Hall–Kier alpha value is -2.28. The van der Waals surface area contributed by atoms with Crippen molar-refractivity contribution in [2.45, 2.75) is 45.2 Å². The Labute approximate surface area is 135 Å². The normalized spacial score (nSPS) is 12.3. The summed E-state index contributed by atoms with van der Waals surface area (Å²) in [6.45, 7) is 4.15. The van der Waals surface area contributed by atoms with E-state index in [0.717, 1.165) is 5.56 Å². The van der Waals surface area contributed by atoms with Crippen molar-refractivity contribution in [2.75, 3.05) is 6.61 Å². The SMILES string of the molecule is CC(C)c1nnnn1CC(=O)NC(CCCO)c1ccccc1. The standard InChI is InChI=1S/C16H23N5O2/c1-12(2)16-18-19-20-21(16)11-15(23)17-14(9-6-10-22)13-7-4-3-5-8-13/h3-5,7-8,12,14,22H,6,9-11H2,1-2H3,(H,17,23). The van der Waals surface area contributed by atoms with E-state index in [1.165, 1.54) is 4.68 Å². The molecule has 0 fully saturated rings. The van der Waals surface area contributed by atoms with Crippen molar-refractivity contribution in [1.29, 1.82) is 0 Å². The minimum Gasteiger partial charge on any atom is -0.396 e. The first-order valence-corrected chi connectivity index (χ1v) is 7.83. The van der Waals surface area contributed by atoms with Gasteiger partial charge in [0.15, 0.2) is 5.82 Å². The first kappa shape index (κ1) is 17.1. The summed E-state index contributed by atoms with van der Waals surface area (Å²) < 4.78 is 1.52. The zero-order valence-electron chi connectivity index (χ0n) is 13.5. The summed E-state index contributed by atoms with van der Waals surface area (Å²) in [5.74, 6) is 0.690. The second-order valence-corrected chi connectivity index (χ2v) is 5.75. The largest absolute Gasteiger partial charge is 0.396 e. The smallest absolute Gasteiger partial charge is 0.242 e.